The Morgan fingerprint density at radius 2 is 1.25 bits per heavy atom. The van der Waals surface area contributed by atoms with E-state index in [1.165, 1.54) is 0 Å². The number of allylic oxidation sites excluding steroid dienone is 2. The Hall–Kier alpha value is 1.35. The van der Waals surface area contributed by atoms with Crippen LogP contribution in [0.4, 0.5) is 0 Å². The summed E-state index contributed by atoms with van der Waals surface area (Å²) in [5.41, 5.74) is 0. The average molecular weight is 423 g/mol. The van der Waals surface area contributed by atoms with Gasteiger partial charge in [0.05, 0.1) is 23.3 Å². The molecule has 2 bridgehead atoms. The lowest BCUT2D eigenvalue weighted by Crippen LogP contribution is -2.45. The molecule has 1 saturated carbocycles. The van der Waals surface area contributed by atoms with Crippen LogP contribution < -0.4 is 0 Å². The van der Waals surface area contributed by atoms with Crippen LogP contribution in [-0.4, -0.2) is 35.7 Å². The van der Waals surface area contributed by atoms with E-state index in [2.05, 4.69) is 0 Å². The third-order valence-electron chi connectivity index (χ3n) is 4.04. The molecular weight excluding hydrogens is 417 g/mol. The zero-order valence-corrected chi connectivity index (χ0v) is 14.7. The molecule has 0 amide bonds. The van der Waals surface area contributed by atoms with Gasteiger partial charge >= 0.3 is 10.4 Å². The third-order valence-corrected chi connectivity index (χ3v) is 9.24. The predicted molar refractivity (Wildman–Crippen MR) is 78.1 cm³/mol. The van der Waals surface area contributed by atoms with E-state index in [0.717, 1.165) is 0 Å². The van der Waals surface area contributed by atoms with Gasteiger partial charge in [-0.1, -0.05) is 46.4 Å². The van der Waals surface area contributed by atoms with E-state index in [9.17, 15) is 8.42 Å². The number of hydrogen-bond acceptors (Lipinski definition) is 4. The molecule has 2 unspecified atom stereocenters. The average Bonchev–Trinajstić information content (AvgIpc) is 2.52. The monoisotopic (exact) mass is 420 g/mol. The highest BCUT2D eigenvalue weighted by molar-refractivity contribution is 7.81. The fraction of sp³-hybridized carbons (Fsp3) is 0.778. The summed E-state index contributed by atoms with van der Waals surface area (Å²) in [7, 11) is -4.11. The van der Waals surface area contributed by atoms with Crippen molar-refractivity contribution in [2.24, 2.45) is 11.8 Å². The van der Waals surface area contributed by atoms with Crippen LogP contribution >= 0.6 is 69.6 Å². The summed E-state index contributed by atoms with van der Waals surface area (Å²) in [5.74, 6) is -1.33. The Bertz CT molecular complexity index is 574. The van der Waals surface area contributed by atoms with Gasteiger partial charge in [-0.2, -0.15) is 8.42 Å². The van der Waals surface area contributed by atoms with E-state index in [4.69, 9.17) is 78.0 Å². The molecule has 1 aliphatic heterocycles. The van der Waals surface area contributed by atoms with Crippen molar-refractivity contribution in [1.82, 2.24) is 0 Å². The quantitative estimate of drug-likeness (QED) is 0.562. The van der Waals surface area contributed by atoms with Crippen molar-refractivity contribution in [3.8, 4) is 0 Å². The van der Waals surface area contributed by atoms with Crippen molar-refractivity contribution in [2.45, 2.75) is 14.1 Å². The number of alkyl halides is 4. The summed E-state index contributed by atoms with van der Waals surface area (Å²) < 4.78 is 30.5. The number of hydrogen-bond donors (Lipinski definition) is 0. The maximum Gasteiger partial charge on any atom is 0.399 e. The summed E-state index contributed by atoms with van der Waals surface area (Å²) in [6.45, 7) is -0.598. The lowest BCUT2D eigenvalue weighted by Gasteiger charge is -2.33. The summed E-state index contributed by atoms with van der Waals surface area (Å²) in [4.78, 5) is -3.07. The molecule has 4 nitrogen and oxygen atoms in total. The molecular formula is C9H6Cl6O4S. The van der Waals surface area contributed by atoms with E-state index in [-0.39, 0.29) is 23.3 Å². The van der Waals surface area contributed by atoms with Crippen LogP contribution in [0.25, 0.3) is 0 Å². The SMILES string of the molecule is O=S1(=O)OC[C@@H]2[C@H](CO1)C1(Cl)C(Cl)=C(Cl)C2(Cl)C1(Cl)Cl. The van der Waals surface area contributed by atoms with Gasteiger partial charge in [0, 0.05) is 11.8 Å². The Kier molecular flexibility index (Phi) is 3.61. The number of halogens is 6. The molecule has 11 heteroatoms. The van der Waals surface area contributed by atoms with E-state index in [0.29, 0.717) is 0 Å². The highest BCUT2D eigenvalue weighted by Gasteiger charge is 2.82. The van der Waals surface area contributed by atoms with Gasteiger partial charge in [0.2, 0.25) is 0 Å². The molecule has 0 aromatic carbocycles. The topological polar surface area (TPSA) is 52.6 Å². The largest absolute Gasteiger partial charge is 0.399 e. The van der Waals surface area contributed by atoms with E-state index in [1.54, 1.807) is 0 Å². The summed E-state index contributed by atoms with van der Waals surface area (Å²) in [5, 5.41) is 0.00922. The van der Waals surface area contributed by atoms with Crippen molar-refractivity contribution in [3.63, 3.8) is 0 Å². The molecule has 3 aliphatic rings. The molecule has 114 valence electrons. The lowest BCUT2D eigenvalue weighted by atomic mass is 9.83. The highest BCUT2D eigenvalue weighted by atomic mass is 35.5. The molecule has 2 fully saturated rings. The first-order chi connectivity index (χ1) is 9.00. The highest BCUT2D eigenvalue weighted by Crippen LogP contribution is 2.76. The second-order valence-electron chi connectivity index (χ2n) is 4.82. The lowest BCUT2D eigenvalue weighted by molar-refractivity contribution is 0.207. The van der Waals surface area contributed by atoms with E-state index >= 15 is 0 Å². The first kappa shape index (κ1) is 16.2. The molecule has 0 spiro atoms. The summed E-state index contributed by atoms with van der Waals surface area (Å²) in [6.07, 6.45) is 0. The van der Waals surface area contributed by atoms with Crippen molar-refractivity contribution in [3.05, 3.63) is 10.1 Å². The summed E-state index contributed by atoms with van der Waals surface area (Å²) in [6, 6.07) is 0. The minimum atomic E-state index is -4.11. The molecule has 0 radical (unpaired) electrons. The zero-order chi connectivity index (χ0) is 15.1. The molecule has 0 aromatic rings. The third kappa shape index (κ3) is 1.62. The second kappa shape index (κ2) is 4.46. The van der Waals surface area contributed by atoms with Crippen molar-refractivity contribution in [2.75, 3.05) is 13.2 Å². The van der Waals surface area contributed by atoms with Crippen LogP contribution in [0.2, 0.25) is 0 Å². The summed E-state index contributed by atoms with van der Waals surface area (Å²) >= 11 is 38.0. The minimum absolute atomic E-state index is 0.00461. The molecule has 3 rings (SSSR count). The predicted octanol–water partition coefficient (Wildman–Crippen LogP) is 3.36. The fourth-order valence-electron chi connectivity index (χ4n) is 3.01. The molecule has 1 saturated heterocycles. The minimum Gasteiger partial charge on any atom is -0.248 e. The van der Waals surface area contributed by atoms with Gasteiger partial charge < -0.3 is 0 Å². The Balaban J connectivity index is 2.19. The van der Waals surface area contributed by atoms with Crippen molar-refractivity contribution >= 4 is 80.0 Å². The van der Waals surface area contributed by atoms with Gasteiger partial charge in [-0.05, 0) is 0 Å². The van der Waals surface area contributed by atoms with Crippen molar-refractivity contribution in [1.29, 1.82) is 0 Å². The first-order valence-electron chi connectivity index (χ1n) is 5.36. The van der Waals surface area contributed by atoms with Crippen LogP contribution in [0, 0.1) is 11.8 Å². The Morgan fingerprint density at radius 3 is 1.60 bits per heavy atom. The van der Waals surface area contributed by atoms with Gasteiger partial charge in [0.15, 0.2) is 4.33 Å². The first-order valence-corrected chi connectivity index (χ1v) is 8.96. The molecule has 20 heavy (non-hydrogen) atoms. The Labute approximate surface area is 145 Å². The zero-order valence-electron chi connectivity index (χ0n) is 9.38. The van der Waals surface area contributed by atoms with Gasteiger partial charge in [0.1, 0.15) is 9.75 Å². The van der Waals surface area contributed by atoms with Crippen LogP contribution in [0.1, 0.15) is 0 Å². The van der Waals surface area contributed by atoms with Crippen LogP contribution in [0.3, 0.4) is 0 Å². The molecule has 4 atom stereocenters. The molecule has 2 aliphatic carbocycles. The van der Waals surface area contributed by atoms with Crippen LogP contribution in [0.5, 0.6) is 0 Å². The van der Waals surface area contributed by atoms with Gasteiger partial charge in [-0.3, -0.25) is 0 Å². The standard InChI is InChI=1S/C9H6Cl6O4S/c10-5-6(11)8(13)4-2-19-20(16,17)18-1-3(4)7(5,12)9(8,14)15/h3-4H,1-2H2/t3-,4+,7?,8?. The van der Waals surface area contributed by atoms with Crippen LogP contribution in [0.15, 0.2) is 10.1 Å². The Morgan fingerprint density at radius 1 is 0.900 bits per heavy atom. The molecule has 0 N–H and O–H groups in total. The van der Waals surface area contributed by atoms with Crippen LogP contribution in [-0.2, 0) is 18.8 Å². The maximum atomic E-state index is 11.4. The van der Waals surface area contributed by atoms with E-state index < -0.39 is 36.3 Å². The normalized spacial score (nSPS) is 49.1. The maximum absolute atomic E-state index is 11.4. The van der Waals surface area contributed by atoms with Gasteiger partial charge in [-0.15, -0.1) is 23.2 Å². The fourth-order valence-corrected chi connectivity index (χ4v) is 6.77. The van der Waals surface area contributed by atoms with Gasteiger partial charge in [-0.25, -0.2) is 8.37 Å². The van der Waals surface area contributed by atoms with Gasteiger partial charge in [0.25, 0.3) is 0 Å². The number of rotatable bonds is 0. The van der Waals surface area contributed by atoms with E-state index in [1.807, 2.05) is 0 Å². The van der Waals surface area contributed by atoms with Crippen molar-refractivity contribution < 1.29 is 16.8 Å². The molecule has 0 aromatic heterocycles. The number of fused-ring (bicyclic) bond motifs is 5. The molecule has 1 heterocycles. The second-order valence-corrected chi connectivity index (χ2v) is 9.38. The smallest absolute Gasteiger partial charge is 0.248 e.